The van der Waals surface area contributed by atoms with E-state index in [0.717, 1.165) is 25.0 Å². The van der Waals surface area contributed by atoms with Crippen molar-refractivity contribution in [1.82, 2.24) is 9.13 Å². The largest absolute Gasteiger partial charge is 0.615 e. The van der Waals surface area contributed by atoms with Crippen LogP contribution in [0.1, 0.15) is 18.4 Å². The zero-order valence-corrected chi connectivity index (χ0v) is 18.5. The minimum absolute atomic E-state index is 0.0300. The van der Waals surface area contributed by atoms with Crippen LogP contribution in [0.15, 0.2) is 52.3 Å². The highest BCUT2D eigenvalue weighted by Crippen LogP contribution is 2.34. The van der Waals surface area contributed by atoms with Crippen molar-refractivity contribution >= 4 is 11.2 Å². The molecule has 0 aliphatic heterocycles. The van der Waals surface area contributed by atoms with E-state index in [1.807, 2.05) is 0 Å². The molecule has 32 heavy (non-hydrogen) atoms. The topological polar surface area (TPSA) is 76.3 Å². The monoisotopic (exact) mass is 460 g/mol. The van der Waals surface area contributed by atoms with Crippen molar-refractivity contribution in [2.24, 2.45) is 5.92 Å². The highest BCUT2D eigenvalue weighted by molar-refractivity contribution is 7.89. The number of pyridine rings is 2. The summed E-state index contributed by atoms with van der Waals surface area (Å²) in [4.78, 5) is 25.2. The molecule has 1 aliphatic rings. The van der Waals surface area contributed by atoms with E-state index in [9.17, 15) is 22.9 Å². The van der Waals surface area contributed by atoms with E-state index in [1.54, 1.807) is 23.8 Å². The van der Waals surface area contributed by atoms with Crippen molar-refractivity contribution in [3.63, 3.8) is 0 Å². The van der Waals surface area contributed by atoms with E-state index in [2.05, 4.69) is 0 Å². The third-order valence-corrected chi connectivity index (χ3v) is 5.89. The van der Waals surface area contributed by atoms with Crippen LogP contribution >= 0.6 is 0 Å². The first kappa shape index (κ1) is 22.3. The lowest BCUT2D eigenvalue weighted by atomic mass is 10.1. The van der Waals surface area contributed by atoms with Crippen molar-refractivity contribution in [3.05, 3.63) is 80.6 Å². The molecule has 1 aromatic carbocycles. The van der Waals surface area contributed by atoms with Gasteiger partial charge in [-0.2, -0.15) is 0 Å². The molecule has 1 unspecified atom stereocenters. The number of aryl methyl sites for hydroxylation is 1. The molecule has 1 fully saturated rings. The Morgan fingerprint density at radius 2 is 1.84 bits per heavy atom. The van der Waals surface area contributed by atoms with Gasteiger partial charge in [0.2, 0.25) is 0 Å². The molecule has 1 saturated carbocycles. The average Bonchev–Trinajstić information content (AvgIpc) is 3.53. The van der Waals surface area contributed by atoms with Crippen molar-refractivity contribution in [2.45, 2.75) is 32.2 Å². The average molecular weight is 461 g/mol. The van der Waals surface area contributed by atoms with Gasteiger partial charge in [-0.05, 0) is 55.1 Å². The maximum Gasteiger partial charge on any atom is 0.257 e. The van der Waals surface area contributed by atoms with E-state index in [4.69, 9.17) is 4.74 Å². The van der Waals surface area contributed by atoms with E-state index >= 15 is 0 Å². The predicted molar refractivity (Wildman–Crippen MR) is 118 cm³/mol. The molecule has 0 amide bonds. The number of hydrogen-bond acceptors (Lipinski definition) is 4. The lowest BCUT2D eigenvalue weighted by Crippen LogP contribution is -2.24. The number of hydrogen-bond donors (Lipinski definition) is 0. The molecule has 2 heterocycles. The van der Waals surface area contributed by atoms with Crippen molar-refractivity contribution in [2.75, 3.05) is 6.26 Å². The second-order valence-corrected chi connectivity index (χ2v) is 9.46. The van der Waals surface area contributed by atoms with Gasteiger partial charge in [-0.15, -0.1) is 0 Å². The van der Waals surface area contributed by atoms with Crippen molar-refractivity contribution in [3.8, 4) is 22.6 Å². The number of halogens is 2. The molecule has 1 aliphatic carbocycles. The highest BCUT2D eigenvalue weighted by Gasteiger charge is 2.23. The van der Waals surface area contributed by atoms with E-state index < -0.39 is 28.4 Å². The molecule has 168 valence electrons. The molecule has 3 aromatic rings. The summed E-state index contributed by atoms with van der Waals surface area (Å²) >= 11 is -1.29. The molecular weight excluding hydrogens is 438 g/mol. The molecular formula is C23H22F2N2O4S. The first-order chi connectivity index (χ1) is 15.2. The Morgan fingerprint density at radius 3 is 2.50 bits per heavy atom. The van der Waals surface area contributed by atoms with E-state index in [1.165, 1.54) is 23.1 Å². The summed E-state index contributed by atoms with van der Waals surface area (Å²) in [7, 11) is 0. The molecule has 2 aromatic heterocycles. The van der Waals surface area contributed by atoms with Crippen LogP contribution in [0.2, 0.25) is 0 Å². The molecule has 0 spiro atoms. The Hall–Kier alpha value is -2.91. The lowest BCUT2D eigenvalue weighted by molar-refractivity contribution is 0.437. The van der Waals surface area contributed by atoms with Gasteiger partial charge in [0, 0.05) is 47.8 Å². The standard InChI is InChI=1S/C23H22F2N2O4S/c1-14-7-16(11-26(23(14)29)10-15-3-4-15)18-12-27(13-32(2)30)22(28)9-21(18)31-20-6-5-17(24)8-19(20)25/h5-9,11-12,15H,3-4,10,13H2,1-2H3. The maximum atomic E-state index is 14.2. The fourth-order valence-corrected chi connectivity index (χ4v) is 4.07. The minimum atomic E-state index is -1.29. The van der Waals surface area contributed by atoms with Gasteiger partial charge < -0.3 is 13.9 Å². The van der Waals surface area contributed by atoms with E-state index in [-0.39, 0.29) is 22.9 Å². The van der Waals surface area contributed by atoms with Gasteiger partial charge in [-0.1, -0.05) is 0 Å². The van der Waals surface area contributed by atoms with Gasteiger partial charge >= 0.3 is 0 Å². The van der Waals surface area contributed by atoms with Gasteiger partial charge in [0.1, 0.15) is 11.6 Å². The number of ether oxygens (including phenoxy) is 1. The first-order valence-corrected chi connectivity index (χ1v) is 11.8. The first-order valence-electron chi connectivity index (χ1n) is 10.1. The van der Waals surface area contributed by atoms with Crippen LogP contribution in [0.3, 0.4) is 0 Å². The Morgan fingerprint density at radius 1 is 1.09 bits per heavy atom. The summed E-state index contributed by atoms with van der Waals surface area (Å²) in [6.45, 7) is 2.29. The summed E-state index contributed by atoms with van der Waals surface area (Å²) in [6.07, 6.45) is 6.79. The number of aromatic nitrogens is 2. The van der Waals surface area contributed by atoms with Gasteiger partial charge in [0.25, 0.3) is 11.1 Å². The highest BCUT2D eigenvalue weighted by atomic mass is 32.2. The summed E-state index contributed by atoms with van der Waals surface area (Å²) < 4.78 is 47.8. The molecule has 9 heteroatoms. The Kier molecular flexibility index (Phi) is 6.21. The van der Waals surface area contributed by atoms with Crippen LogP contribution in [0.5, 0.6) is 11.5 Å². The van der Waals surface area contributed by atoms with Crippen LogP contribution < -0.4 is 15.9 Å². The van der Waals surface area contributed by atoms with E-state index in [0.29, 0.717) is 35.2 Å². The Bertz CT molecular complexity index is 1280. The fourth-order valence-electron chi connectivity index (χ4n) is 3.48. The van der Waals surface area contributed by atoms with Gasteiger partial charge in [0.05, 0.1) is 6.26 Å². The SMILES string of the molecule is Cc1cc(-c2cn(C[S+](C)[O-])c(=O)cc2Oc2ccc(F)cc2F)cn(CC2CC2)c1=O. The van der Waals surface area contributed by atoms with Gasteiger partial charge in [0.15, 0.2) is 17.4 Å². The molecule has 0 N–H and O–H groups in total. The summed E-state index contributed by atoms with van der Waals surface area (Å²) in [5.41, 5.74) is 0.946. The quantitative estimate of drug-likeness (QED) is 0.503. The van der Waals surface area contributed by atoms with Crippen LogP contribution in [0.4, 0.5) is 8.78 Å². The third-order valence-electron chi connectivity index (χ3n) is 5.25. The maximum absolute atomic E-state index is 14.2. The zero-order chi connectivity index (χ0) is 23.0. The second kappa shape index (κ2) is 8.91. The minimum Gasteiger partial charge on any atom is -0.615 e. The summed E-state index contributed by atoms with van der Waals surface area (Å²) in [5.74, 6) is -1.43. The number of rotatable bonds is 7. The number of nitrogens with zero attached hydrogens (tertiary/aromatic N) is 2. The number of benzene rings is 1. The Balaban J connectivity index is 1.85. The molecule has 1 atom stereocenters. The smallest absolute Gasteiger partial charge is 0.257 e. The van der Waals surface area contributed by atoms with Crippen LogP contribution in [-0.2, 0) is 23.6 Å². The molecule has 4 rings (SSSR count). The van der Waals surface area contributed by atoms with Crippen molar-refractivity contribution in [1.29, 1.82) is 0 Å². The summed E-state index contributed by atoms with van der Waals surface area (Å²) in [6, 6.07) is 5.74. The second-order valence-electron chi connectivity index (χ2n) is 8.05. The van der Waals surface area contributed by atoms with Crippen molar-refractivity contribution < 1.29 is 18.1 Å². The predicted octanol–water partition coefficient (Wildman–Crippen LogP) is 3.80. The Labute approximate surface area is 186 Å². The molecule has 0 bridgehead atoms. The van der Waals surface area contributed by atoms with Gasteiger partial charge in [-0.25, -0.2) is 8.78 Å². The third kappa shape index (κ3) is 4.94. The molecule has 0 radical (unpaired) electrons. The van der Waals surface area contributed by atoms with Gasteiger partial charge in [-0.3, -0.25) is 14.2 Å². The summed E-state index contributed by atoms with van der Waals surface area (Å²) in [5, 5.41) is 0. The van der Waals surface area contributed by atoms with Crippen LogP contribution in [0.25, 0.3) is 11.1 Å². The fraction of sp³-hybridized carbons (Fsp3) is 0.304. The normalized spacial score (nSPS) is 14.4. The zero-order valence-electron chi connectivity index (χ0n) is 17.6. The van der Waals surface area contributed by atoms with Crippen LogP contribution in [-0.4, -0.2) is 19.9 Å². The molecule has 6 nitrogen and oxygen atoms in total. The molecule has 0 saturated heterocycles. The van der Waals surface area contributed by atoms with Crippen LogP contribution in [0, 0.1) is 24.5 Å². The lowest BCUT2D eigenvalue weighted by Gasteiger charge is -2.16.